The molecule has 0 bridgehead atoms. The van der Waals surface area contributed by atoms with E-state index in [-0.39, 0.29) is 6.61 Å². The molecule has 0 aliphatic carbocycles. The molecule has 1 aliphatic rings. The summed E-state index contributed by atoms with van der Waals surface area (Å²) in [6.45, 7) is 5.61. The Morgan fingerprint density at radius 3 is 2.71 bits per heavy atom. The minimum Gasteiger partial charge on any atom is -0.395 e. The van der Waals surface area contributed by atoms with Gasteiger partial charge in [-0.05, 0) is 11.4 Å². The van der Waals surface area contributed by atoms with E-state index in [1.807, 2.05) is 11.4 Å². The maximum atomic E-state index is 8.96. The summed E-state index contributed by atoms with van der Waals surface area (Å²) in [6, 6.07) is 1.98. The monoisotopic (exact) mass is 308 g/mol. The lowest BCUT2D eigenvalue weighted by Gasteiger charge is -2.33. The average molecular weight is 308 g/mol. The number of rotatable bonds is 5. The second-order valence-electron chi connectivity index (χ2n) is 5.11. The fourth-order valence-electron chi connectivity index (χ4n) is 2.59. The molecule has 1 fully saturated rings. The number of nitrogens with zero attached hydrogens (tertiary/aromatic N) is 4. The van der Waals surface area contributed by atoms with E-state index in [1.165, 1.54) is 0 Å². The van der Waals surface area contributed by atoms with Gasteiger partial charge in [-0.25, -0.2) is 15.8 Å². The van der Waals surface area contributed by atoms with Crippen LogP contribution in [0.3, 0.4) is 0 Å². The van der Waals surface area contributed by atoms with Gasteiger partial charge >= 0.3 is 0 Å². The maximum absolute atomic E-state index is 8.96. The summed E-state index contributed by atoms with van der Waals surface area (Å²) in [7, 11) is 0. The highest BCUT2D eigenvalue weighted by Crippen LogP contribution is 2.24. The van der Waals surface area contributed by atoms with E-state index in [1.54, 1.807) is 11.3 Å². The van der Waals surface area contributed by atoms with Gasteiger partial charge in [-0.2, -0.15) is 0 Å². The van der Waals surface area contributed by atoms with Crippen molar-refractivity contribution in [3.63, 3.8) is 0 Å². The number of hydrogen-bond donors (Lipinski definition) is 3. The molecule has 0 unspecified atom stereocenters. The van der Waals surface area contributed by atoms with E-state index in [0.717, 1.165) is 55.3 Å². The second-order valence-corrected chi connectivity index (χ2v) is 6.01. The van der Waals surface area contributed by atoms with E-state index < -0.39 is 0 Å². The molecule has 8 heteroatoms. The van der Waals surface area contributed by atoms with Crippen LogP contribution in [0.4, 0.5) is 5.82 Å². The van der Waals surface area contributed by atoms with Gasteiger partial charge in [0.25, 0.3) is 0 Å². The Labute approximate surface area is 127 Å². The van der Waals surface area contributed by atoms with Gasteiger partial charge in [0.15, 0.2) is 5.82 Å². The van der Waals surface area contributed by atoms with Gasteiger partial charge in [-0.15, -0.1) is 11.3 Å². The molecule has 21 heavy (non-hydrogen) atoms. The Kier molecular flexibility index (Phi) is 4.61. The molecule has 4 N–H and O–H groups in total. The third kappa shape index (κ3) is 3.30. The van der Waals surface area contributed by atoms with Crippen LogP contribution in [-0.2, 0) is 6.54 Å². The lowest BCUT2D eigenvalue weighted by atomic mass is 10.3. The first-order chi connectivity index (χ1) is 10.3. The second kappa shape index (κ2) is 6.63. The number of aromatic nitrogens is 2. The summed E-state index contributed by atoms with van der Waals surface area (Å²) in [6.07, 6.45) is 0. The van der Waals surface area contributed by atoms with Crippen molar-refractivity contribution in [1.82, 2.24) is 19.8 Å². The lowest BCUT2D eigenvalue weighted by molar-refractivity contribution is 0.107. The molecular formula is C13H20N6OS. The van der Waals surface area contributed by atoms with Crippen LogP contribution in [0, 0.1) is 0 Å². The van der Waals surface area contributed by atoms with Crippen LogP contribution in [0.1, 0.15) is 5.82 Å². The number of nitrogens with one attached hydrogen (secondary N) is 1. The molecule has 0 radical (unpaired) electrons. The highest BCUT2D eigenvalue weighted by molar-refractivity contribution is 7.16. The Morgan fingerprint density at radius 1 is 1.24 bits per heavy atom. The van der Waals surface area contributed by atoms with E-state index in [2.05, 4.69) is 25.2 Å². The number of hydrazine groups is 1. The standard InChI is InChI=1S/C13H20N6OS/c14-17-12-10-1-8-21-13(10)16-11(15-12)9-19-4-2-18(3-5-19)6-7-20/h1,8,20H,2-7,9,14H2,(H,15,16,17). The van der Waals surface area contributed by atoms with Crippen molar-refractivity contribution >= 4 is 27.4 Å². The van der Waals surface area contributed by atoms with Gasteiger partial charge < -0.3 is 10.5 Å². The molecule has 3 rings (SSSR count). The predicted molar refractivity (Wildman–Crippen MR) is 84.0 cm³/mol. The molecular weight excluding hydrogens is 288 g/mol. The highest BCUT2D eigenvalue weighted by Gasteiger charge is 2.18. The maximum Gasteiger partial charge on any atom is 0.152 e. The number of aliphatic hydroxyl groups is 1. The summed E-state index contributed by atoms with van der Waals surface area (Å²) >= 11 is 1.60. The van der Waals surface area contributed by atoms with Crippen molar-refractivity contribution in [1.29, 1.82) is 0 Å². The first kappa shape index (κ1) is 14.6. The lowest BCUT2D eigenvalue weighted by Crippen LogP contribution is -2.46. The van der Waals surface area contributed by atoms with Crippen molar-refractivity contribution in [3.05, 3.63) is 17.3 Å². The topological polar surface area (TPSA) is 90.5 Å². The summed E-state index contributed by atoms with van der Waals surface area (Å²) in [5, 5.41) is 11.9. The van der Waals surface area contributed by atoms with Gasteiger partial charge in [0.1, 0.15) is 10.7 Å². The zero-order chi connectivity index (χ0) is 14.7. The molecule has 7 nitrogen and oxygen atoms in total. The van der Waals surface area contributed by atoms with Gasteiger partial charge in [-0.3, -0.25) is 9.80 Å². The van der Waals surface area contributed by atoms with Crippen molar-refractivity contribution in [2.45, 2.75) is 6.54 Å². The van der Waals surface area contributed by atoms with Crippen molar-refractivity contribution < 1.29 is 5.11 Å². The molecule has 114 valence electrons. The molecule has 0 saturated carbocycles. The van der Waals surface area contributed by atoms with E-state index in [0.29, 0.717) is 5.82 Å². The number of β-amino-alcohol motifs (C(OH)–C–C–N with tert-alkyl or cyclic N) is 1. The third-order valence-corrected chi connectivity index (χ3v) is 4.56. The van der Waals surface area contributed by atoms with Crippen LogP contribution in [-0.4, -0.2) is 64.2 Å². The molecule has 0 spiro atoms. The fourth-order valence-corrected chi connectivity index (χ4v) is 3.38. The average Bonchev–Trinajstić information content (AvgIpc) is 2.97. The third-order valence-electron chi connectivity index (χ3n) is 3.75. The normalized spacial score (nSPS) is 17.4. The summed E-state index contributed by atoms with van der Waals surface area (Å²) in [4.78, 5) is 14.7. The Balaban J connectivity index is 1.68. The number of thiophene rings is 1. The Hall–Kier alpha value is -1.32. The molecule has 0 atom stereocenters. The minimum atomic E-state index is 0.226. The minimum absolute atomic E-state index is 0.226. The van der Waals surface area contributed by atoms with Gasteiger partial charge in [0, 0.05) is 32.7 Å². The number of aliphatic hydroxyl groups excluding tert-OH is 1. The van der Waals surface area contributed by atoms with Crippen LogP contribution in [0.2, 0.25) is 0 Å². The first-order valence-corrected chi connectivity index (χ1v) is 7.94. The highest BCUT2D eigenvalue weighted by atomic mass is 32.1. The number of hydrogen-bond acceptors (Lipinski definition) is 8. The summed E-state index contributed by atoms with van der Waals surface area (Å²) < 4.78 is 0. The zero-order valence-electron chi connectivity index (χ0n) is 11.8. The summed E-state index contributed by atoms with van der Waals surface area (Å²) in [5.41, 5.74) is 2.66. The largest absolute Gasteiger partial charge is 0.395 e. The van der Waals surface area contributed by atoms with Crippen LogP contribution >= 0.6 is 11.3 Å². The zero-order valence-corrected chi connectivity index (χ0v) is 12.6. The van der Waals surface area contributed by atoms with Gasteiger partial charge in [-0.1, -0.05) is 0 Å². The number of anilines is 1. The van der Waals surface area contributed by atoms with Crippen LogP contribution in [0.25, 0.3) is 10.2 Å². The van der Waals surface area contributed by atoms with E-state index in [9.17, 15) is 0 Å². The molecule has 1 saturated heterocycles. The van der Waals surface area contributed by atoms with Crippen molar-refractivity contribution in [3.8, 4) is 0 Å². The number of piperazine rings is 1. The summed E-state index contributed by atoms with van der Waals surface area (Å²) in [5.74, 6) is 7.04. The Bertz CT molecular complexity index is 595. The number of nitrogens with two attached hydrogens (primary N) is 1. The quantitative estimate of drug-likeness (QED) is 0.532. The SMILES string of the molecule is NNc1nc(CN2CCN(CCO)CC2)nc2sccc12. The van der Waals surface area contributed by atoms with Crippen LogP contribution in [0.15, 0.2) is 11.4 Å². The van der Waals surface area contributed by atoms with Crippen LogP contribution in [0.5, 0.6) is 0 Å². The van der Waals surface area contributed by atoms with Crippen molar-refractivity contribution in [2.75, 3.05) is 44.8 Å². The molecule has 3 heterocycles. The fraction of sp³-hybridized carbons (Fsp3) is 0.538. The number of nitrogen functional groups attached to an aromatic ring is 1. The van der Waals surface area contributed by atoms with Gasteiger partial charge in [0.2, 0.25) is 0 Å². The Morgan fingerprint density at radius 2 is 2.00 bits per heavy atom. The van der Waals surface area contributed by atoms with Gasteiger partial charge in [0.05, 0.1) is 18.5 Å². The van der Waals surface area contributed by atoms with Crippen LogP contribution < -0.4 is 11.3 Å². The predicted octanol–water partition coefficient (Wildman–Crippen LogP) is 0.0868. The molecule has 1 aliphatic heterocycles. The van der Waals surface area contributed by atoms with E-state index >= 15 is 0 Å². The van der Waals surface area contributed by atoms with Crippen molar-refractivity contribution in [2.24, 2.45) is 5.84 Å². The molecule has 2 aromatic rings. The van der Waals surface area contributed by atoms with E-state index in [4.69, 9.17) is 10.9 Å². The first-order valence-electron chi connectivity index (χ1n) is 7.06. The molecule has 0 aromatic carbocycles. The molecule has 2 aromatic heterocycles. The number of fused-ring (bicyclic) bond motifs is 1. The molecule has 0 amide bonds. The smallest absolute Gasteiger partial charge is 0.152 e.